The maximum Gasteiger partial charge on any atom is 0.0951 e. The Kier molecular flexibility index (Phi) is 3.71. The maximum absolute atomic E-state index is 6.27. The van der Waals surface area contributed by atoms with Crippen LogP contribution < -0.4 is 5.73 Å². The van der Waals surface area contributed by atoms with E-state index in [2.05, 4.69) is 52.6 Å². The summed E-state index contributed by atoms with van der Waals surface area (Å²) in [4.78, 5) is 8.77. The van der Waals surface area contributed by atoms with E-state index in [4.69, 9.17) is 5.73 Å². The van der Waals surface area contributed by atoms with Gasteiger partial charge in [-0.05, 0) is 17.5 Å². The lowest BCUT2D eigenvalue weighted by Crippen LogP contribution is -2.20. The molecule has 0 aliphatic carbocycles. The van der Waals surface area contributed by atoms with Gasteiger partial charge in [-0.15, -0.1) is 0 Å². The molecule has 0 saturated heterocycles. The number of fused-ring (bicyclic) bond motifs is 1. The molecule has 2 heterocycles. The summed E-state index contributed by atoms with van der Waals surface area (Å²) in [7, 11) is 0. The molecule has 3 rings (SSSR count). The average molecular weight is 280 g/mol. The molecule has 0 bridgehead atoms. The molecule has 0 aliphatic rings. The van der Waals surface area contributed by atoms with E-state index in [1.165, 1.54) is 5.56 Å². The quantitative estimate of drug-likeness (QED) is 0.798. The van der Waals surface area contributed by atoms with Crippen molar-refractivity contribution in [2.45, 2.75) is 26.4 Å². The number of imidazole rings is 1. The number of nitrogens with zero attached hydrogens (tertiary/aromatic N) is 3. The average Bonchev–Trinajstić information content (AvgIpc) is 2.95. The molecule has 0 aliphatic heterocycles. The number of rotatable bonds is 4. The van der Waals surface area contributed by atoms with E-state index < -0.39 is 0 Å². The first-order valence-electron chi connectivity index (χ1n) is 7.25. The minimum absolute atomic E-state index is 0.00423. The van der Waals surface area contributed by atoms with Gasteiger partial charge in [-0.3, -0.25) is 4.98 Å². The highest BCUT2D eigenvalue weighted by Crippen LogP contribution is 2.21. The predicted octanol–water partition coefficient (Wildman–Crippen LogP) is 3.14. The zero-order valence-electron chi connectivity index (χ0n) is 12.4. The first-order valence-corrected chi connectivity index (χ1v) is 7.25. The van der Waals surface area contributed by atoms with Crippen LogP contribution in [0.2, 0.25) is 0 Å². The van der Waals surface area contributed by atoms with E-state index in [0.717, 1.165) is 23.1 Å². The SMILES string of the molecule is CC(C)C(N)c1cncn1Cc1cccc2cccnc12. The van der Waals surface area contributed by atoms with Crippen molar-refractivity contribution in [3.05, 3.63) is 60.3 Å². The number of aromatic nitrogens is 3. The number of pyridine rings is 1. The first kappa shape index (κ1) is 13.8. The fraction of sp³-hybridized carbons (Fsp3) is 0.294. The van der Waals surface area contributed by atoms with Crippen molar-refractivity contribution in [1.29, 1.82) is 0 Å². The molecule has 1 aromatic carbocycles. The van der Waals surface area contributed by atoms with E-state index >= 15 is 0 Å². The molecule has 0 radical (unpaired) electrons. The maximum atomic E-state index is 6.27. The summed E-state index contributed by atoms with van der Waals surface area (Å²) in [6.45, 7) is 4.99. The highest BCUT2D eigenvalue weighted by atomic mass is 15.1. The molecule has 1 unspecified atom stereocenters. The van der Waals surface area contributed by atoms with Gasteiger partial charge < -0.3 is 10.3 Å². The fourth-order valence-electron chi connectivity index (χ4n) is 2.56. The summed E-state index contributed by atoms with van der Waals surface area (Å²) in [5.41, 5.74) is 9.56. The predicted molar refractivity (Wildman–Crippen MR) is 84.8 cm³/mol. The lowest BCUT2D eigenvalue weighted by molar-refractivity contribution is 0.484. The van der Waals surface area contributed by atoms with Crippen LogP contribution in [0.1, 0.15) is 31.1 Å². The number of para-hydroxylation sites is 1. The molecular weight excluding hydrogens is 260 g/mol. The topological polar surface area (TPSA) is 56.7 Å². The molecule has 4 nitrogen and oxygen atoms in total. The van der Waals surface area contributed by atoms with E-state index in [1.54, 1.807) is 0 Å². The minimum atomic E-state index is -0.00423. The third-order valence-corrected chi connectivity index (χ3v) is 3.86. The second-order valence-electron chi connectivity index (χ2n) is 5.71. The van der Waals surface area contributed by atoms with Crippen molar-refractivity contribution < 1.29 is 0 Å². The molecule has 108 valence electrons. The van der Waals surface area contributed by atoms with E-state index in [-0.39, 0.29) is 6.04 Å². The van der Waals surface area contributed by atoms with Crippen molar-refractivity contribution >= 4 is 10.9 Å². The standard InChI is InChI=1S/C17H20N4/c1-12(2)16(18)15-9-19-11-21(15)10-14-6-3-5-13-7-4-8-20-17(13)14/h3-9,11-12,16H,10,18H2,1-2H3. The van der Waals surface area contributed by atoms with Crippen molar-refractivity contribution in [2.24, 2.45) is 11.7 Å². The second-order valence-corrected chi connectivity index (χ2v) is 5.71. The Morgan fingerprint density at radius 3 is 2.81 bits per heavy atom. The van der Waals surface area contributed by atoms with Gasteiger partial charge in [0.25, 0.3) is 0 Å². The largest absolute Gasteiger partial charge is 0.329 e. The van der Waals surface area contributed by atoms with Gasteiger partial charge in [0.15, 0.2) is 0 Å². The zero-order chi connectivity index (χ0) is 14.8. The Labute approximate surface area is 124 Å². The molecular formula is C17H20N4. The molecule has 3 aromatic rings. The van der Waals surface area contributed by atoms with Gasteiger partial charge in [0, 0.05) is 23.8 Å². The second kappa shape index (κ2) is 5.66. The summed E-state index contributed by atoms with van der Waals surface area (Å²) < 4.78 is 2.12. The molecule has 4 heteroatoms. The highest BCUT2D eigenvalue weighted by Gasteiger charge is 2.15. The number of hydrogen-bond acceptors (Lipinski definition) is 3. The lowest BCUT2D eigenvalue weighted by Gasteiger charge is -2.18. The van der Waals surface area contributed by atoms with Gasteiger partial charge in [0.05, 0.1) is 24.1 Å². The summed E-state index contributed by atoms with van der Waals surface area (Å²) in [6, 6.07) is 10.3. The van der Waals surface area contributed by atoms with E-state index in [9.17, 15) is 0 Å². The van der Waals surface area contributed by atoms with Gasteiger partial charge in [0.2, 0.25) is 0 Å². The van der Waals surface area contributed by atoms with Crippen molar-refractivity contribution in [1.82, 2.24) is 14.5 Å². The van der Waals surface area contributed by atoms with Crippen molar-refractivity contribution in [3.8, 4) is 0 Å². The Balaban J connectivity index is 1.98. The minimum Gasteiger partial charge on any atom is -0.329 e. The van der Waals surface area contributed by atoms with Crippen molar-refractivity contribution in [3.63, 3.8) is 0 Å². The van der Waals surface area contributed by atoms with E-state index in [1.807, 2.05) is 24.8 Å². The molecule has 0 saturated carbocycles. The Morgan fingerprint density at radius 2 is 2.00 bits per heavy atom. The number of benzene rings is 1. The molecule has 0 fully saturated rings. The van der Waals surface area contributed by atoms with Gasteiger partial charge in [0.1, 0.15) is 0 Å². The third-order valence-electron chi connectivity index (χ3n) is 3.86. The van der Waals surface area contributed by atoms with Crippen LogP contribution in [0.3, 0.4) is 0 Å². The van der Waals surface area contributed by atoms with Gasteiger partial charge in [-0.2, -0.15) is 0 Å². The normalized spacial score (nSPS) is 13.0. The number of hydrogen-bond donors (Lipinski definition) is 1. The van der Waals surface area contributed by atoms with Crippen LogP contribution in [0.25, 0.3) is 10.9 Å². The first-order chi connectivity index (χ1) is 10.2. The van der Waals surface area contributed by atoms with Crippen LogP contribution in [0.5, 0.6) is 0 Å². The Morgan fingerprint density at radius 1 is 1.19 bits per heavy atom. The van der Waals surface area contributed by atoms with Gasteiger partial charge in [-0.25, -0.2) is 4.98 Å². The van der Waals surface area contributed by atoms with Crippen LogP contribution in [-0.2, 0) is 6.54 Å². The van der Waals surface area contributed by atoms with Crippen LogP contribution in [0, 0.1) is 5.92 Å². The van der Waals surface area contributed by atoms with Crippen LogP contribution in [0.4, 0.5) is 0 Å². The Hall–Kier alpha value is -2.20. The molecule has 21 heavy (non-hydrogen) atoms. The zero-order valence-corrected chi connectivity index (χ0v) is 12.4. The molecule has 0 spiro atoms. The fourth-order valence-corrected chi connectivity index (χ4v) is 2.56. The summed E-state index contributed by atoms with van der Waals surface area (Å²) in [5.74, 6) is 0.381. The van der Waals surface area contributed by atoms with Crippen LogP contribution in [-0.4, -0.2) is 14.5 Å². The van der Waals surface area contributed by atoms with Crippen LogP contribution in [0.15, 0.2) is 49.1 Å². The van der Waals surface area contributed by atoms with Gasteiger partial charge in [-0.1, -0.05) is 38.1 Å². The van der Waals surface area contributed by atoms with Crippen LogP contribution >= 0.6 is 0 Å². The summed E-state index contributed by atoms with van der Waals surface area (Å²) in [6.07, 6.45) is 5.54. The Bertz CT molecular complexity index is 740. The molecule has 2 aromatic heterocycles. The van der Waals surface area contributed by atoms with Gasteiger partial charge >= 0.3 is 0 Å². The van der Waals surface area contributed by atoms with E-state index in [0.29, 0.717) is 5.92 Å². The lowest BCUT2D eigenvalue weighted by atomic mass is 10.0. The smallest absolute Gasteiger partial charge is 0.0951 e. The molecule has 1 atom stereocenters. The number of nitrogens with two attached hydrogens (primary N) is 1. The third kappa shape index (κ3) is 2.67. The molecule has 0 amide bonds. The summed E-state index contributed by atoms with van der Waals surface area (Å²) >= 11 is 0. The monoisotopic (exact) mass is 280 g/mol. The summed E-state index contributed by atoms with van der Waals surface area (Å²) in [5, 5.41) is 1.16. The van der Waals surface area contributed by atoms with Crippen molar-refractivity contribution in [2.75, 3.05) is 0 Å². The molecule has 2 N–H and O–H groups in total. The highest BCUT2D eigenvalue weighted by molar-refractivity contribution is 5.81.